The maximum absolute atomic E-state index is 10.9. The minimum Gasteiger partial charge on any atom is -0.237 e. The Morgan fingerprint density at radius 2 is 1.64 bits per heavy atom. The molecule has 0 N–H and O–H groups in total. The number of halogens is 1. The van der Waals surface area contributed by atoms with Crippen molar-refractivity contribution in [3.8, 4) is 0 Å². The van der Waals surface area contributed by atoms with Gasteiger partial charge in [-0.1, -0.05) is 15.9 Å². The molecule has 0 amide bonds. The summed E-state index contributed by atoms with van der Waals surface area (Å²) >= 11 is 3.22. The number of hydrogen-bond acceptors (Lipinski definition) is 2. The van der Waals surface area contributed by atoms with E-state index < -0.39 is 9.69 Å². The lowest BCUT2D eigenvalue weighted by Gasteiger charge is -1.96. The van der Waals surface area contributed by atoms with Crippen LogP contribution in [0.2, 0.25) is 0 Å². The molecule has 1 rings (SSSR count). The molecule has 0 fully saturated rings. The third-order valence-corrected chi connectivity index (χ3v) is 2.90. The Kier molecular flexibility index (Phi) is 2.39. The second-order valence-electron chi connectivity index (χ2n) is 2.23. The smallest absolute Gasteiger partial charge is 0.237 e. The van der Waals surface area contributed by atoms with Gasteiger partial charge in [-0.3, -0.25) is 0 Å². The molecule has 11 heavy (non-hydrogen) atoms. The van der Waals surface area contributed by atoms with Gasteiger partial charge in [-0.25, -0.2) is 8.42 Å². The molecule has 1 aromatic carbocycles. The molecule has 0 aliphatic heterocycles. The normalized spacial score (nSPS) is 11.4. The summed E-state index contributed by atoms with van der Waals surface area (Å²) in [6, 6.07) is 6.55. The minimum atomic E-state index is -3.04. The predicted octanol–water partition coefficient (Wildman–Crippen LogP) is 0.771. The molecule has 0 radical (unpaired) electrons. The average Bonchev–Trinajstić information content (AvgIpc) is 1.86. The Balaban J connectivity index is 3.20. The summed E-state index contributed by atoms with van der Waals surface area (Å²) in [6.45, 7) is 0. The molecule has 2 nitrogen and oxygen atoms in total. The minimum absolute atomic E-state index is 0.348. The first-order valence-electron chi connectivity index (χ1n) is 2.96. The van der Waals surface area contributed by atoms with E-state index in [4.69, 9.17) is 0 Å². The van der Waals surface area contributed by atoms with E-state index in [-0.39, 0.29) is 0 Å². The Labute approximate surface area is 75.0 Å². The van der Waals surface area contributed by atoms with Crippen LogP contribution in [0.15, 0.2) is 33.6 Å². The van der Waals surface area contributed by atoms with Crippen molar-refractivity contribution in [2.24, 2.45) is 0 Å². The van der Waals surface area contributed by atoms with Crippen LogP contribution in [0.4, 0.5) is 0 Å². The number of hydrogen-bond donors (Lipinski definition) is 0. The SMILES string of the molecule is BS(=O)(=O)c1ccc(Br)cc1. The van der Waals surface area contributed by atoms with Crippen molar-refractivity contribution in [1.29, 1.82) is 0 Å². The third-order valence-electron chi connectivity index (χ3n) is 1.24. The Morgan fingerprint density at radius 1 is 1.18 bits per heavy atom. The highest BCUT2D eigenvalue weighted by Gasteiger charge is 2.04. The Morgan fingerprint density at radius 3 is 2.00 bits per heavy atom. The van der Waals surface area contributed by atoms with Crippen LogP contribution in [0, 0.1) is 0 Å². The molecule has 0 bridgehead atoms. The van der Waals surface area contributed by atoms with Crippen molar-refractivity contribution in [3.05, 3.63) is 28.7 Å². The highest BCUT2D eigenvalue weighted by Crippen LogP contribution is 2.13. The average molecular weight is 233 g/mol. The summed E-state index contributed by atoms with van der Waals surface area (Å²) in [5.41, 5.74) is 0. The first kappa shape index (κ1) is 8.81. The zero-order chi connectivity index (χ0) is 8.48. The van der Waals surface area contributed by atoms with E-state index in [1.165, 1.54) is 7.12 Å². The van der Waals surface area contributed by atoms with E-state index in [0.29, 0.717) is 4.90 Å². The van der Waals surface area contributed by atoms with Gasteiger partial charge in [0.1, 0.15) is 9.69 Å². The van der Waals surface area contributed by atoms with Gasteiger partial charge in [0.25, 0.3) is 7.12 Å². The fourth-order valence-corrected chi connectivity index (χ4v) is 1.58. The molecule has 1 aromatic rings. The molecule has 0 saturated carbocycles. The van der Waals surface area contributed by atoms with Gasteiger partial charge in [0.15, 0.2) is 0 Å². The lowest BCUT2D eigenvalue weighted by Crippen LogP contribution is -1.97. The molecule has 0 aromatic heterocycles. The summed E-state index contributed by atoms with van der Waals surface area (Å²) in [5, 5.41) is 0. The van der Waals surface area contributed by atoms with Crippen LogP contribution in [-0.2, 0) is 9.69 Å². The van der Waals surface area contributed by atoms with Crippen LogP contribution >= 0.6 is 15.9 Å². The maximum atomic E-state index is 10.9. The predicted molar refractivity (Wildman–Crippen MR) is 49.9 cm³/mol. The molecule has 0 atom stereocenters. The number of rotatable bonds is 1. The van der Waals surface area contributed by atoms with Crippen molar-refractivity contribution < 1.29 is 8.42 Å². The molecule has 5 heteroatoms. The molecule has 0 unspecified atom stereocenters. The largest absolute Gasteiger partial charge is 0.262 e. The van der Waals surface area contributed by atoms with Crippen molar-refractivity contribution >= 4 is 32.7 Å². The Hall–Kier alpha value is -0.285. The van der Waals surface area contributed by atoms with E-state index in [0.717, 1.165) is 4.47 Å². The first-order valence-corrected chi connectivity index (χ1v) is 5.64. The van der Waals surface area contributed by atoms with Crippen molar-refractivity contribution in [2.45, 2.75) is 4.90 Å². The second-order valence-corrected chi connectivity index (χ2v) is 5.16. The lowest BCUT2D eigenvalue weighted by molar-refractivity contribution is 0.609. The Bertz CT molecular complexity index is 343. The third kappa shape index (κ3) is 2.34. The van der Waals surface area contributed by atoms with Crippen LogP contribution in [-0.4, -0.2) is 15.5 Å². The van der Waals surface area contributed by atoms with Gasteiger partial charge >= 0.3 is 0 Å². The highest BCUT2D eigenvalue weighted by atomic mass is 79.9. The number of benzene rings is 1. The van der Waals surface area contributed by atoms with Gasteiger partial charge in [0.2, 0.25) is 0 Å². The maximum Gasteiger partial charge on any atom is 0.262 e. The van der Waals surface area contributed by atoms with Crippen LogP contribution in [0.5, 0.6) is 0 Å². The molecule has 0 aliphatic carbocycles. The summed E-state index contributed by atoms with van der Waals surface area (Å²) in [6.07, 6.45) is 0. The molecular weight excluding hydrogens is 227 g/mol. The fourth-order valence-electron chi connectivity index (χ4n) is 0.682. The van der Waals surface area contributed by atoms with Crippen LogP contribution in [0.1, 0.15) is 0 Å². The van der Waals surface area contributed by atoms with Gasteiger partial charge in [0.05, 0.1) is 4.90 Å². The van der Waals surface area contributed by atoms with Crippen molar-refractivity contribution in [1.82, 2.24) is 0 Å². The second kappa shape index (κ2) is 2.99. The van der Waals surface area contributed by atoms with E-state index in [1.54, 1.807) is 24.3 Å². The van der Waals surface area contributed by atoms with Crippen LogP contribution < -0.4 is 0 Å². The van der Waals surface area contributed by atoms with Crippen molar-refractivity contribution in [2.75, 3.05) is 0 Å². The van der Waals surface area contributed by atoms with Crippen LogP contribution in [0.25, 0.3) is 0 Å². The van der Waals surface area contributed by atoms with Gasteiger partial charge in [0, 0.05) is 4.47 Å². The summed E-state index contributed by atoms with van der Waals surface area (Å²) < 4.78 is 22.7. The molecule has 0 aliphatic rings. The molecular formula is C6H6BBrO2S. The van der Waals surface area contributed by atoms with Gasteiger partial charge < -0.3 is 0 Å². The quantitative estimate of drug-likeness (QED) is 0.671. The topological polar surface area (TPSA) is 34.1 Å². The summed E-state index contributed by atoms with van der Waals surface area (Å²) in [5.74, 6) is 0. The summed E-state index contributed by atoms with van der Waals surface area (Å²) in [4.78, 5) is 0.348. The van der Waals surface area contributed by atoms with Gasteiger partial charge in [-0.2, -0.15) is 0 Å². The zero-order valence-corrected chi connectivity index (χ0v) is 8.31. The standard InChI is InChI=1S/C6H6BBrO2S/c7-11(9,10)6-3-1-5(8)2-4-6/h1-4H,7H2. The van der Waals surface area contributed by atoms with Gasteiger partial charge in [-0.05, 0) is 24.3 Å². The van der Waals surface area contributed by atoms with E-state index in [9.17, 15) is 8.42 Å². The van der Waals surface area contributed by atoms with Crippen LogP contribution in [0.3, 0.4) is 0 Å². The van der Waals surface area contributed by atoms with Gasteiger partial charge in [-0.15, -0.1) is 0 Å². The first-order chi connectivity index (χ1) is 5.00. The fraction of sp³-hybridized carbons (Fsp3) is 0. The lowest BCUT2D eigenvalue weighted by atomic mass is 10.4. The molecule has 58 valence electrons. The molecule has 0 saturated heterocycles. The van der Waals surface area contributed by atoms with E-state index in [1.807, 2.05) is 0 Å². The monoisotopic (exact) mass is 232 g/mol. The molecule has 0 spiro atoms. The summed E-state index contributed by atoms with van der Waals surface area (Å²) in [7, 11) is -1.85. The van der Waals surface area contributed by atoms with E-state index >= 15 is 0 Å². The van der Waals surface area contributed by atoms with E-state index in [2.05, 4.69) is 15.9 Å². The van der Waals surface area contributed by atoms with Crippen molar-refractivity contribution in [3.63, 3.8) is 0 Å². The highest BCUT2D eigenvalue weighted by molar-refractivity contribution is 9.10. The zero-order valence-electron chi connectivity index (χ0n) is 5.91. The molecule has 0 heterocycles.